The zero-order chi connectivity index (χ0) is 18.7. The van der Waals surface area contributed by atoms with Gasteiger partial charge in [-0.3, -0.25) is 20.0 Å². The van der Waals surface area contributed by atoms with E-state index in [0.29, 0.717) is 18.8 Å². The number of nitro groups is 1. The summed E-state index contributed by atoms with van der Waals surface area (Å²) in [6, 6.07) is 9.54. The highest BCUT2D eigenvalue weighted by Crippen LogP contribution is 2.31. The molecule has 2 N–H and O–H groups in total. The number of piperazine rings is 1. The number of nitrogens with two attached hydrogens (primary N) is 1. The third-order valence-corrected chi connectivity index (χ3v) is 5.21. The predicted molar refractivity (Wildman–Crippen MR) is 96.2 cm³/mol. The van der Waals surface area contributed by atoms with Gasteiger partial charge in [-0.1, -0.05) is 6.07 Å². The Morgan fingerprint density at radius 1 is 1.15 bits per heavy atom. The number of rotatable bonds is 5. The van der Waals surface area contributed by atoms with E-state index in [0.717, 1.165) is 31.4 Å². The van der Waals surface area contributed by atoms with E-state index in [1.807, 2.05) is 23.1 Å². The van der Waals surface area contributed by atoms with Crippen molar-refractivity contribution in [2.45, 2.75) is 11.4 Å². The number of hydrogen-bond donors (Lipinski definition) is 1. The van der Waals surface area contributed by atoms with Crippen LogP contribution in [0.3, 0.4) is 0 Å². The first-order valence-electron chi connectivity index (χ1n) is 8.03. The van der Waals surface area contributed by atoms with E-state index >= 15 is 0 Å². The van der Waals surface area contributed by atoms with Crippen molar-refractivity contribution in [1.82, 2.24) is 9.88 Å². The number of pyridine rings is 1. The minimum absolute atomic E-state index is 0.255. The second-order valence-electron chi connectivity index (χ2n) is 6.04. The third kappa shape index (κ3) is 4.15. The normalized spacial score (nSPS) is 15.8. The second kappa shape index (κ2) is 7.36. The average Bonchev–Trinajstić information content (AvgIpc) is 2.62. The SMILES string of the molecule is NS(=O)(=O)c1ccc(N2CCN(Cc3ccccn3)CC2)c([N+](=O)[O-])c1. The van der Waals surface area contributed by atoms with Gasteiger partial charge in [0, 0.05) is 45.0 Å². The lowest BCUT2D eigenvalue weighted by Gasteiger charge is -2.35. The highest BCUT2D eigenvalue weighted by molar-refractivity contribution is 7.89. The first kappa shape index (κ1) is 18.2. The van der Waals surface area contributed by atoms with Crippen LogP contribution >= 0.6 is 0 Å². The molecule has 9 nitrogen and oxygen atoms in total. The Bertz CT molecular complexity index is 896. The molecule has 26 heavy (non-hydrogen) atoms. The van der Waals surface area contributed by atoms with Crippen LogP contribution in [-0.4, -0.2) is 49.4 Å². The molecule has 1 aromatic carbocycles. The van der Waals surface area contributed by atoms with Crippen molar-refractivity contribution in [2.75, 3.05) is 31.1 Å². The molecule has 1 aliphatic heterocycles. The number of aromatic nitrogens is 1. The Balaban J connectivity index is 1.74. The number of benzene rings is 1. The van der Waals surface area contributed by atoms with Crippen LogP contribution < -0.4 is 10.0 Å². The molecule has 2 heterocycles. The largest absolute Gasteiger partial charge is 0.363 e. The van der Waals surface area contributed by atoms with Crippen LogP contribution in [0.1, 0.15) is 5.69 Å². The summed E-state index contributed by atoms with van der Waals surface area (Å²) in [6.07, 6.45) is 1.75. The number of anilines is 1. The summed E-state index contributed by atoms with van der Waals surface area (Å²) in [7, 11) is -3.99. The van der Waals surface area contributed by atoms with Gasteiger partial charge in [-0.15, -0.1) is 0 Å². The standard InChI is InChI=1S/C16H19N5O4S/c17-26(24,25)14-4-5-15(16(11-14)21(22)23)20-9-7-19(8-10-20)12-13-3-1-2-6-18-13/h1-6,11H,7-10,12H2,(H2,17,24,25). The van der Waals surface area contributed by atoms with E-state index in [-0.39, 0.29) is 10.6 Å². The molecule has 0 unspecified atom stereocenters. The number of sulfonamides is 1. The van der Waals surface area contributed by atoms with Gasteiger partial charge in [0.2, 0.25) is 10.0 Å². The Morgan fingerprint density at radius 2 is 1.88 bits per heavy atom. The van der Waals surface area contributed by atoms with Crippen molar-refractivity contribution in [2.24, 2.45) is 5.14 Å². The number of hydrogen-bond acceptors (Lipinski definition) is 7. The summed E-state index contributed by atoms with van der Waals surface area (Å²) >= 11 is 0. The lowest BCUT2D eigenvalue weighted by atomic mass is 10.2. The van der Waals surface area contributed by atoms with Gasteiger partial charge in [-0.25, -0.2) is 13.6 Å². The van der Waals surface area contributed by atoms with Crippen molar-refractivity contribution >= 4 is 21.4 Å². The Hall–Kier alpha value is -2.56. The van der Waals surface area contributed by atoms with Crippen molar-refractivity contribution < 1.29 is 13.3 Å². The van der Waals surface area contributed by atoms with E-state index in [9.17, 15) is 18.5 Å². The summed E-state index contributed by atoms with van der Waals surface area (Å²) in [6.45, 7) is 3.38. The lowest BCUT2D eigenvalue weighted by molar-refractivity contribution is -0.384. The quantitative estimate of drug-likeness (QED) is 0.608. The summed E-state index contributed by atoms with van der Waals surface area (Å²) in [5, 5.41) is 16.4. The van der Waals surface area contributed by atoms with E-state index in [2.05, 4.69) is 9.88 Å². The van der Waals surface area contributed by atoms with E-state index in [1.165, 1.54) is 12.1 Å². The molecular formula is C16H19N5O4S. The van der Waals surface area contributed by atoms with Crippen molar-refractivity contribution in [3.05, 3.63) is 58.4 Å². The van der Waals surface area contributed by atoms with Crippen LogP contribution in [0.2, 0.25) is 0 Å². The first-order chi connectivity index (χ1) is 12.3. The summed E-state index contributed by atoms with van der Waals surface area (Å²) in [4.78, 5) is 19.0. The molecule has 0 amide bonds. The molecule has 0 aliphatic carbocycles. The van der Waals surface area contributed by atoms with Gasteiger partial charge in [-0.2, -0.15) is 0 Å². The number of nitro benzene ring substituents is 1. The molecule has 138 valence electrons. The summed E-state index contributed by atoms with van der Waals surface area (Å²) < 4.78 is 22.9. The fraction of sp³-hybridized carbons (Fsp3) is 0.312. The van der Waals surface area contributed by atoms with Gasteiger partial charge in [0.05, 0.1) is 15.5 Å². The van der Waals surface area contributed by atoms with Gasteiger partial charge in [-0.05, 0) is 24.3 Å². The molecule has 0 spiro atoms. The smallest absolute Gasteiger partial charge is 0.293 e. The van der Waals surface area contributed by atoms with Gasteiger partial charge < -0.3 is 4.90 Å². The van der Waals surface area contributed by atoms with E-state index < -0.39 is 14.9 Å². The zero-order valence-corrected chi connectivity index (χ0v) is 14.8. The maximum atomic E-state index is 11.4. The minimum Gasteiger partial charge on any atom is -0.363 e. The molecule has 0 atom stereocenters. The monoisotopic (exact) mass is 377 g/mol. The maximum Gasteiger partial charge on any atom is 0.293 e. The molecule has 3 rings (SSSR count). The van der Waals surface area contributed by atoms with Crippen molar-refractivity contribution in [3.8, 4) is 0 Å². The van der Waals surface area contributed by atoms with Crippen molar-refractivity contribution in [1.29, 1.82) is 0 Å². The fourth-order valence-electron chi connectivity index (χ4n) is 2.96. The molecule has 0 saturated carbocycles. The highest BCUT2D eigenvalue weighted by atomic mass is 32.2. The molecule has 1 aliphatic rings. The van der Waals surface area contributed by atoms with Crippen LogP contribution in [0.15, 0.2) is 47.5 Å². The fourth-order valence-corrected chi connectivity index (χ4v) is 3.50. The molecule has 10 heteroatoms. The molecule has 1 saturated heterocycles. The van der Waals surface area contributed by atoms with Crippen LogP contribution in [0.4, 0.5) is 11.4 Å². The summed E-state index contributed by atoms with van der Waals surface area (Å²) in [5.41, 5.74) is 1.12. The maximum absolute atomic E-state index is 11.4. The summed E-state index contributed by atoms with van der Waals surface area (Å²) in [5.74, 6) is 0. The Labute approximate surface area is 151 Å². The number of primary sulfonamides is 1. The predicted octanol–water partition coefficient (Wildman–Crippen LogP) is 0.959. The van der Waals surface area contributed by atoms with Crippen LogP contribution in [0.25, 0.3) is 0 Å². The molecule has 0 bridgehead atoms. The van der Waals surface area contributed by atoms with Crippen LogP contribution in [-0.2, 0) is 16.6 Å². The van der Waals surface area contributed by atoms with Crippen molar-refractivity contribution in [3.63, 3.8) is 0 Å². The highest BCUT2D eigenvalue weighted by Gasteiger charge is 2.25. The van der Waals surface area contributed by atoms with Gasteiger partial charge in [0.1, 0.15) is 5.69 Å². The topological polar surface area (TPSA) is 123 Å². The molecule has 2 aromatic rings. The minimum atomic E-state index is -3.99. The van der Waals surface area contributed by atoms with Crippen LogP contribution in [0.5, 0.6) is 0 Å². The lowest BCUT2D eigenvalue weighted by Crippen LogP contribution is -2.46. The Morgan fingerprint density at radius 3 is 2.46 bits per heavy atom. The van der Waals surface area contributed by atoms with Gasteiger partial charge >= 0.3 is 0 Å². The van der Waals surface area contributed by atoms with E-state index in [4.69, 9.17) is 5.14 Å². The van der Waals surface area contributed by atoms with Gasteiger partial charge in [0.15, 0.2) is 0 Å². The zero-order valence-electron chi connectivity index (χ0n) is 14.0. The number of nitrogens with zero attached hydrogens (tertiary/aromatic N) is 4. The van der Waals surface area contributed by atoms with Gasteiger partial charge in [0.25, 0.3) is 5.69 Å². The molecule has 0 radical (unpaired) electrons. The third-order valence-electron chi connectivity index (χ3n) is 4.30. The molecule has 1 fully saturated rings. The first-order valence-corrected chi connectivity index (χ1v) is 9.58. The van der Waals surface area contributed by atoms with Crippen LogP contribution in [0, 0.1) is 10.1 Å². The second-order valence-corrected chi connectivity index (χ2v) is 7.60. The Kier molecular flexibility index (Phi) is 5.16. The molecular weight excluding hydrogens is 358 g/mol. The molecule has 1 aromatic heterocycles. The average molecular weight is 377 g/mol. The van der Waals surface area contributed by atoms with E-state index in [1.54, 1.807) is 6.20 Å².